The van der Waals surface area contributed by atoms with E-state index < -0.39 is 5.91 Å². The van der Waals surface area contributed by atoms with Gasteiger partial charge in [-0.3, -0.25) is 14.4 Å². The van der Waals surface area contributed by atoms with Crippen LogP contribution in [0.1, 0.15) is 37.0 Å². The van der Waals surface area contributed by atoms with Gasteiger partial charge in [-0.25, -0.2) is 0 Å². The zero-order valence-electron chi connectivity index (χ0n) is 13.3. The fourth-order valence-corrected chi connectivity index (χ4v) is 2.14. The van der Waals surface area contributed by atoms with E-state index in [0.29, 0.717) is 23.6 Å². The highest BCUT2D eigenvalue weighted by Gasteiger charge is 2.18. The SMILES string of the molecule is CC(C)N(CC(N)=O)C(=O)CCCNC(=O)c1ccc(Cl)cc1. The fraction of sp³-hybridized carbons (Fsp3) is 0.438. The molecule has 1 aromatic rings. The van der Waals surface area contributed by atoms with Crippen LogP contribution < -0.4 is 11.1 Å². The lowest BCUT2D eigenvalue weighted by atomic mass is 10.2. The van der Waals surface area contributed by atoms with Crippen LogP contribution >= 0.6 is 11.6 Å². The van der Waals surface area contributed by atoms with Crippen LogP contribution in [0.15, 0.2) is 24.3 Å². The first-order valence-corrected chi connectivity index (χ1v) is 7.80. The number of nitrogens with zero attached hydrogens (tertiary/aromatic N) is 1. The number of carbonyl (C=O) groups is 3. The van der Waals surface area contributed by atoms with Crippen molar-refractivity contribution in [3.63, 3.8) is 0 Å². The predicted molar refractivity (Wildman–Crippen MR) is 89.1 cm³/mol. The molecule has 0 atom stereocenters. The summed E-state index contributed by atoms with van der Waals surface area (Å²) in [4.78, 5) is 36.4. The molecule has 0 saturated carbocycles. The number of rotatable bonds is 8. The molecule has 0 aliphatic carbocycles. The zero-order valence-corrected chi connectivity index (χ0v) is 14.1. The zero-order chi connectivity index (χ0) is 17.4. The maximum absolute atomic E-state index is 12.1. The molecule has 0 fully saturated rings. The molecule has 0 bridgehead atoms. The number of amides is 3. The summed E-state index contributed by atoms with van der Waals surface area (Å²) in [6.07, 6.45) is 0.729. The lowest BCUT2D eigenvalue weighted by Gasteiger charge is -2.25. The summed E-state index contributed by atoms with van der Waals surface area (Å²) in [5, 5.41) is 3.30. The van der Waals surface area contributed by atoms with E-state index in [-0.39, 0.29) is 30.8 Å². The minimum Gasteiger partial charge on any atom is -0.368 e. The van der Waals surface area contributed by atoms with E-state index in [2.05, 4.69) is 5.32 Å². The highest BCUT2D eigenvalue weighted by Crippen LogP contribution is 2.09. The van der Waals surface area contributed by atoms with Crippen LogP contribution in [0.25, 0.3) is 0 Å². The van der Waals surface area contributed by atoms with Gasteiger partial charge < -0.3 is 16.0 Å². The number of carbonyl (C=O) groups excluding carboxylic acids is 3. The Hall–Kier alpha value is -2.08. The predicted octanol–water partition coefficient (Wildman–Crippen LogP) is 1.57. The molecule has 126 valence electrons. The number of benzene rings is 1. The molecule has 0 aliphatic heterocycles. The molecule has 1 rings (SSSR count). The minimum atomic E-state index is -0.539. The Kier molecular flexibility index (Phi) is 7.54. The standard InChI is InChI=1S/C16H22ClN3O3/c1-11(2)20(10-14(18)21)15(22)4-3-9-19-16(23)12-5-7-13(17)8-6-12/h5-8,11H,3-4,9-10H2,1-2H3,(H2,18,21)(H,19,23). The summed E-state index contributed by atoms with van der Waals surface area (Å²) >= 11 is 5.76. The summed E-state index contributed by atoms with van der Waals surface area (Å²) in [5.41, 5.74) is 5.65. The van der Waals surface area contributed by atoms with Crippen LogP contribution in [0.3, 0.4) is 0 Å². The van der Waals surface area contributed by atoms with Crippen LogP contribution in [0.5, 0.6) is 0 Å². The number of nitrogens with one attached hydrogen (secondary N) is 1. The summed E-state index contributed by atoms with van der Waals surface area (Å²) in [6, 6.07) is 6.46. The number of hydrogen-bond acceptors (Lipinski definition) is 3. The lowest BCUT2D eigenvalue weighted by Crippen LogP contribution is -2.42. The monoisotopic (exact) mass is 339 g/mol. The molecular formula is C16H22ClN3O3. The van der Waals surface area contributed by atoms with Gasteiger partial charge >= 0.3 is 0 Å². The molecule has 3 N–H and O–H groups in total. The first-order chi connectivity index (χ1) is 10.8. The first-order valence-electron chi connectivity index (χ1n) is 7.42. The third kappa shape index (κ3) is 6.69. The van der Waals surface area contributed by atoms with E-state index in [1.807, 2.05) is 13.8 Å². The summed E-state index contributed by atoms with van der Waals surface area (Å²) in [7, 11) is 0. The second kappa shape index (κ2) is 9.15. The van der Waals surface area contributed by atoms with E-state index in [9.17, 15) is 14.4 Å². The number of nitrogens with two attached hydrogens (primary N) is 1. The van der Waals surface area contributed by atoms with E-state index in [4.69, 9.17) is 17.3 Å². The van der Waals surface area contributed by atoms with Gasteiger partial charge in [0.2, 0.25) is 11.8 Å². The van der Waals surface area contributed by atoms with Crippen molar-refractivity contribution in [2.24, 2.45) is 5.73 Å². The third-order valence-corrected chi connectivity index (χ3v) is 3.48. The second-order valence-electron chi connectivity index (χ2n) is 5.45. The quantitative estimate of drug-likeness (QED) is 0.704. The van der Waals surface area contributed by atoms with Gasteiger partial charge in [0.05, 0.1) is 6.54 Å². The molecule has 6 nitrogen and oxygen atoms in total. The molecule has 3 amide bonds. The van der Waals surface area contributed by atoms with Crippen molar-refractivity contribution in [1.29, 1.82) is 0 Å². The van der Waals surface area contributed by atoms with Crippen molar-refractivity contribution in [3.05, 3.63) is 34.9 Å². The fourth-order valence-electron chi connectivity index (χ4n) is 2.02. The molecule has 0 heterocycles. The van der Waals surface area contributed by atoms with Gasteiger partial charge in [0.25, 0.3) is 5.91 Å². The molecule has 0 radical (unpaired) electrons. The first kappa shape index (κ1) is 19.0. The van der Waals surface area contributed by atoms with Crippen molar-refractivity contribution in [3.8, 4) is 0 Å². The average Bonchev–Trinajstić information content (AvgIpc) is 2.49. The molecule has 23 heavy (non-hydrogen) atoms. The summed E-state index contributed by atoms with van der Waals surface area (Å²) in [5.74, 6) is -0.908. The Morgan fingerprint density at radius 1 is 1.22 bits per heavy atom. The highest BCUT2D eigenvalue weighted by atomic mass is 35.5. The van der Waals surface area contributed by atoms with Gasteiger partial charge in [0, 0.05) is 29.6 Å². The smallest absolute Gasteiger partial charge is 0.251 e. The lowest BCUT2D eigenvalue weighted by molar-refractivity contribution is -0.136. The van der Waals surface area contributed by atoms with Gasteiger partial charge in [-0.2, -0.15) is 0 Å². The van der Waals surface area contributed by atoms with Crippen LogP contribution in [0, 0.1) is 0 Å². The number of primary amides is 1. The van der Waals surface area contributed by atoms with Crippen molar-refractivity contribution >= 4 is 29.3 Å². The largest absolute Gasteiger partial charge is 0.368 e. The van der Waals surface area contributed by atoms with Crippen molar-refractivity contribution in [1.82, 2.24) is 10.2 Å². The Balaban J connectivity index is 2.38. The Labute approximate surface area is 141 Å². The second-order valence-corrected chi connectivity index (χ2v) is 5.88. The molecule has 0 unspecified atom stereocenters. The maximum atomic E-state index is 12.1. The van der Waals surface area contributed by atoms with Crippen molar-refractivity contribution < 1.29 is 14.4 Å². The molecular weight excluding hydrogens is 318 g/mol. The average molecular weight is 340 g/mol. The molecule has 0 aromatic heterocycles. The van der Waals surface area contributed by atoms with Gasteiger partial charge in [-0.15, -0.1) is 0 Å². The molecule has 0 aliphatic rings. The van der Waals surface area contributed by atoms with Crippen LogP contribution in [0.4, 0.5) is 0 Å². The van der Waals surface area contributed by atoms with E-state index >= 15 is 0 Å². The van der Waals surface area contributed by atoms with Gasteiger partial charge in [-0.1, -0.05) is 11.6 Å². The Morgan fingerprint density at radius 2 is 1.83 bits per heavy atom. The maximum Gasteiger partial charge on any atom is 0.251 e. The summed E-state index contributed by atoms with van der Waals surface area (Å²) < 4.78 is 0. The van der Waals surface area contributed by atoms with Gasteiger partial charge in [-0.05, 0) is 44.5 Å². The molecule has 1 aromatic carbocycles. The van der Waals surface area contributed by atoms with Crippen molar-refractivity contribution in [2.75, 3.05) is 13.1 Å². The van der Waals surface area contributed by atoms with E-state index in [0.717, 1.165) is 0 Å². The molecule has 7 heteroatoms. The number of halogens is 1. The van der Waals surface area contributed by atoms with E-state index in [1.54, 1.807) is 24.3 Å². The van der Waals surface area contributed by atoms with Crippen LogP contribution in [-0.4, -0.2) is 41.8 Å². The normalized spacial score (nSPS) is 10.4. The summed E-state index contributed by atoms with van der Waals surface area (Å²) in [6.45, 7) is 3.93. The Bertz CT molecular complexity index is 558. The number of hydrogen-bond donors (Lipinski definition) is 2. The van der Waals surface area contributed by atoms with Gasteiger partial charge in [0.1, 0.15) is 0 Å². The minimum absolute atomic E-state index is 0.0896. The van der Waals surface area contributed by atoms with E-state index in [1.165, 1.54) is 4.90 Å². The third-order valence-electron chi connectivity index (χ3n) is 3.23. The van der Waals surface area contributed by atoms with Crippen molar-refractivity contribution in [2.45, 2.75) is 32.7 Å². The van der Waals surface area contributed by atoms with Crippen LogP contribution in [-0.2, 0) is 9.59 Å². The molecule has 0 saturated heterocycles. The highest BCUT2D eigenvalue weighted by molar-refractivity contribution is 6.30. The topological polar surface area (TPSA) is 92.5 Å². The molecule has 0 spiro atoms. The van der Waals surface area contributed by atoms with Gasteiger partial charge in [0.15, 0.2) is 0 Å². The Morgan fingerprint density at radius 3 is 2.35 bits per heavy atom. The van der Waals surface area contributed by atoms with Crippen LogP contribution in [0.2, 0.25) is 5.02 Å².